The van der Waals surface area contributed by atoms with Gasteiger partial charge in [0, 0.05) is 0 Å². The van der Waals surface area contributed by atoms with Gasteiger partial charge in [-0.3, -0.25) is 0 Å². The van der Waals surface area contributed by atoms with E-state index < -0.39 is 0 Å². The van der Waals surface area contributed by atoms with Gasteiger partial charge in [0.15, 0.2) is 0 Å². The van der Waals surface area contributed by atoms with Crippen LogP contribution in [0.25, 0.3) is 0 Å². The predicted molar refractivity (Wildman–Crippen MR) is 86.0 cm³/mol. The lowest BCUT2D eigenvalue weighted by Gasteiger charge is -2.31. The van der Waals surface area contributed by atoms with Gasteiger partial charge in [-0.05, 0) is 46.8 Å². The molecule has 0 N–H and O–H groups in total. The maximum absolute atomic E-state index is 6.07. The topological polar surface area (TPSA) is 9.23 Å². The quantitative estimate of drug-likeness (QED) is 0.724. The highest BCUT2D eigenvalue weighted by Crippen LogP contribution is 2.30. The summed E-state index contributed by atoms with van der Waals surface area (Å²) in [7, 11) is 0. The Morgan fingerprint density at radius 3 is 2.30 bits per heavy atom. The molecule has 20 heavy (non-hydrogen) atoms. The summed E-state index contributed by atoms with van der Waals surface area (Å²) in [5.74, 6) is 0. The lowest BCUT2D eigenvalue weighted by atomic mass is 9.84. The molecule has 1 unspecified atom stereocenters. The first kappa shape index (κ1) is 15.6. The van der Waals surface area contributed by atoms with Crippen LogP contribution < -0.4 is 0 Å². The van der Waals surface area contributed by atoms with Crippen molar-refractivity contribution in [1.29, 1.82) is 0 Å². The Kier molecular flexibility index (Phi) is 4.30. The molecule has 1 aliphatic rings. The second-order valence-electron chi connectivity index (χ2n) is 8.74. The molecule has 1 atom stereocenters. The molecule has 1 heterocycles. The predicted octanol–water partition coefficient (Wildman–Crippen LogP) is 5.15. The van der Waals surface area contributed by atoms with Crippen LogP contribution in [-0.2, 0) is 24.2 Å². The SMILES string of the molecule is CC(C)(C)Cc1ccc2c(c1)COC(CC(C)(C)C)C2. The van der Waals surface area contributed by atoms with E-state index in [1.165, 1.54) is 16.7 Å². The molecular formula is C19H30O. The van der Waals surface area contributed by atoms with E-state index in [1.54, 1.807) is 0 Å². The van der Waals surface area contributed by atoms with Crippen molar-refractivity contribution >= 4 is 0 Å². The highest BCUT2D eigenvalue weighted by molar-refractivity contribution is 5.34. The summed E-state index contributed by atoms with van der Waals surface area (Å²) in [4.78, 5) is 0. The largest absolute Gasteiger partial charge is 0.373 e. The van der Waals surface area contributed by atoms with Crippen LogP contribution in [0.2, 0.25) is 0 Å². The van der Waals surface area contributed by atoms with Gasteiger partial charge in [0.1, 0.15) is 0 Å². The Morgan fingerprint density at radius 1 is 1.00 bits per heavy atom. The minimum atomic E-state index is 0.342. The summed E-state index contributed by atoms with van der Waals surface area (Å²) in [5, 5.41) is 0. The Bertz CT molecular complexity index is 460. The molecule has 1 nitrogen and oxygen atoms in total. The summed E-state index contributed by atoms with van der Waals surface area (Å²) in [6, 6.07) is 6.99. The Morgan fingerprint density at radius 2 is 1.70 bits per heavy atom. The van der Waals surface area contributed by atoms with Crippen molar-refractivity contribution in [2.75, 3.05) is 0 Å². The molecule has 1 aromatic rings. The van der Waals surface area contributed by atoms with Crippen LogP contribution >= 0.6 is 0 Å². The summed E-state index contributed by atoms with van der Waals surface area (Å²) in [5.41, 5.74) is 5.02. The first-order chi connectivity index (χ1) is 9.12. The monoisotopic (exact) mass is 274 g/mol. The fourth-order valence-electron chi connectivity index (χ4n) is 3.06. The van der Waals surface area contributed by atoms with Gasteiger partial charge in [-0.1, -0.05) is 59.7 Å². The van der Waals surface area contributed by atoms with E-state index in [-0.39, 0.29) is 0 Å². The number of hydrogen-bond donors (Lipinski definition) is 0. The molecule has 1 aliphatic heterocycles. The van der Waals surface area contributed by atoms with E-state index in [1.807, 2.05) is 0 Å². The smallest absolute Gasteiger partial charge is 0.0723 e. The molecule has 0 aliphatic carbocycles. The first-order valence-electron chi connectivity index (χ1n) is 7.85. The maximum Gasteiger partial charge on any atom is 0.0723 e. The van der Waals surface area contributed by atoms with Gasteiger partial charge in [0.25, 0.3) is 0 Å². The number of benzene rings is 1. The highest BCUT2D eigenvalue weighted by Gasteiger charge is 2.24. The molecule has 0 radical (unpaired) electrons. The molecule has 0 aromatic heterocycles. The van der Waals surface area contributed by atoms with Gasteiger partial charge in [-0.2, -0.15) is 0 Å². The first-order valence-corrected chi connectivity index (χ1v) is 7.85. The lowest BCUT2D eigenvalue weighted by molar-refractivity contribution is 0.00387. The van der Waals surface area contributed by atoms with Crippen LogP contribution in [0.3, 0.4) is 0 Å². The van der Waals surface area contributed by atoms with E-state index in [2.05, 4.69) is 59.7 Å². The average Bonchev–Trinajstić information content (AvgIpc) is 2.25. The molecule has 1 aromatic carbocycles. The normalized spacial score (nSPS) is 19.8. The zero-order valence-electron chi connectivity index (χ0n) is 14.0. The van der Waals surface area contributed by atoms with E-state index in [0.717, 1.165) is 25.9 Å². The second-order valence-corrected chi connectivity index (χ2v) is 8.74. The van der Waals surface area contributed by atoms with Crippen LogP contribution in [0.5, 0.6) is 0 Å². The Balaban J connectivity index is 2.08. The fourth-order valence-corrected chi connectivity index (χ4v) is 3.06. The molecule has 0 saturated carbocycles. The van der Waals surface area contributed by atoms with E-state index in [9.17, 15) is 0 Å². The standard InChI is InChI=1S/C19H30O/c1-18(2,3)11-14-7-8-15-10-17(12-19(4,5)6)20-13-16(15)9-14/h7-9,17H,10-13H2,1-6H3. The summed E-state index contributed by atoms with van der Waals surface area (Å²) in [6.45, 7) is 14.5. The Labute approximate surface area is 124 Å². The maximum atomic E-state index is 6.07. The molecule has 0 bridgehead atoms. The number of hydrogen-bond acceptors (Lipinski definition) is 1. The van der Waals surface area contributed by atoms with Gasteiger partial charge in [-0.25, -0.2) is 0 Å². The minimum absolute atomic E-state index is 0.342. The fraction of sp³-hybridized carbons (Fsp3) is 0.684. The van der Waals surface area contributed by atoms with Crippen LogP contribution in [0.4, 0.5) is 0 Å². The van der Waals surface area contributed by atoms with Crippen molar-refractivity contribution in [3.05, 3.63) is 34.9 Å². The van der Waals surface area contributed by atoms with Gasteiger partial charge in [0.2, 0.25) is 0 Å². The molecule has 112 valence electrons. The molecule has 2 rings (SSSR count). The van der Waals surface area contributed by atoms with Gasteiger partial charge in [-0.15, -0.1) is 0 Å². The van der Waals surface area contributed by atoms with Gasteiger partial charge in [0.05, 0.1) is 12.7 Å². The zero-order chi connectivity index (χ0) is 15.0. The summed E-state index contributed by atoms with van der Waals surface area (Å²) in [6.07, 6.45) is 3.72. The third-order valence-electron chi connectivity index (χ3n) is 3.77. The second kappa shape index (κ2) is 5.52. The van der Waals surface area contributed by atoms with Crippen molar-refractivity contribution in [3.63, 3.8) is 0 Å². The molecule has 0 saturated heterocycles. The number of ether oxygens (including phenoxy) is 1. The van der Waals surface area contributed by atoms with Crippen molar-refractivity contribution < 1.29 is 4.74 Å². The van der Waals surface area contributed by atoms with Gasteiger partial charge >= 0.3 is 0 Å². The Hall–Kier alpha value is -0.820. The van der Waals surface area contributed by atoms with Crippen molar-refractivity contribution in [2.45, 2.75) is 73.5 Å². The van der Waals surface area contributed by atoms with Crippen molar-refractivity contribution in [3.8, 4) is 0 Å². The summed E-state index contributed by atoms with van der Waals surface area (Å²) < 4.78 is 6.07. The third kappa shape index (κ3) is 4.63. The van der Waals surface area contributed by atoms with Crippen LogP contribution in [-0.4, -0.2) is 6.10 Å². The highest BCUT2D eigenvalue weighted by atomic mass is 16.5. The van der Waals surface area contributed by atoms with Crippen LogP contribution in [0, 0.1) is 10.8 Å². The molecule has 1 heteroatoms. The van der Waals surface area contributed by atoms with E-state index >= 15 is 0 Å². The van der Waals surface area contributed by atoms with Crippen molar-refractivity contribution in [2.24, 2.45) is 10.8 Å². The van der Waals surface area contributed by atoms with Crippen LogP contribution in [0.15, 0.2) is 18.2 Å². The molecule has 0 fully saturated rings. The van der Waals surface area contributed by atoms with E-state index in [0.29, 0.717) is 16.9 Å². The third-order valence-corrected chi connectivity index (χ3v) is 3.77. The van der Waals surface area contributed by atoms with Crippen molar-refractivity contribution in [1.82, 2.24) is 0 Å². The minimum Gasteiger partial charge on any atom is -0.373 e. The van der Waals surface area contributed by atoms with Crippen LogP contribution in [0.1, 0.15) is 64.7 Å². The average molecular weight is 274 g/mol. The lowest BCUT2D eigenvalue weighted by Crippen LogP contribution is -2.27. The summed E-state index contributed by atoms with van der Waals surface area (Å²) >= 11 is 0. The van der Waals surface area contributed by atoms with E-state index in [4.69, 9.17) is 4.74 Å². The number of fused-ring (bicyclic) bond motifs is 1. The molecule has 0 spiro atoms. The zero-order valence-corrected chi connectivity index (χ0v) is 14.0. The molecule has 0 amide bonds. The number of rotatable bonds is 2. The molecular weight excluding hydrogens is 244 g/mol. The van der Waals surface area contributed by atoms with Gasteiger partial charge < -0.3 is 4.74 Å².